The Balaban J connectivity index is 3.14. The molecule has 0 saturated heterocycles. The molecule has 0 heterocycles. The van der Waals surface area contributed by atoms with E-state index >= 15 is 0 Å². The van der Waals surface area contributed by atoms with Gasteiger partial charge in [0.2, 0.25) is 0 Å². The van der Waals surface area contributed by atoms with Crippen molar-refractivity contribution in [3.8, 4) is 5.75 Å². The zero-order valence-electron chi connectivity index (χ0n) is 6.71. The number of rotatable bonds is 3. The van der Waals surface area contributed by atoms with Crippen LogP contribution in [0.15, 0.2) is 18.2 Å². The van der Waals surface area contributed by atoms with Gasteiger partial charge in [0, 0.05) is 0 Å². The minimum Gasteiger partial charge on any atom is -0.477 e. The molecule has 0 spiro atoms. The van der Waals surface area contributed by atoms with E-state index in [-0.39, 0.29) is 0 Å². The van der Waals surface area contributed by atoms with Crippen LogP contribution in [0.4, 0.5) is 13.2 Å². The van der Waals surface area contributed by atoms with Crippen LogP contribution in [0.25, 0.3) is 0 Å². The molecule has 1 aromatic rings. The third-order valence-corrected chi connectivity index (χ3v) is 1.41. The average Bonchev–Trinajstić information content (AvgIpc) is 2.01. The number of benzene rings is 1. The standard InChI is InChI=1S/C8H5F3O3/c9-4-2-1-3-5(14-8(10)11)6(4)7(12)13/h1-3,8H,(H,12,13). The summed E-state index contributed by atoms with van der Waals surface area (Å²) in [6.45, 7) is -3.19. The van der Waals surface area contributed by atoms with Gasteiger partial charge in [-0.05, 0) is 12.1 Å². The van der Waals surface area contributed by atoms with Gasteiger partial charge >= 0.3 is 12.6 Å². The van der Waals surface area contributed by atoms with Crippen molar-refractivity contribution >= 4 is 5.97 Å². The summed E-state index contributed by atoms with van der Waals surface area (Å²) in [5, 5.41) is 8.49. The largest absolute Gasteiger partial charge is 0.477 e. The van der Waals surface area contributed by atoms with Crippen LogP contribution in [-0.2, 0) is 0 Å². The second-order valence-electron chi connectivity index (χ2n) is 2.30. The Hall–Kier alpha value is -1.72. The summed E-state index contributed by atoms with van der Waals surface area (Å²) in [7, 11) is 0. The third-order valence-electron chi connectivity index (χ3n) is 1.41. The number of alkyl halides is 2. The smallest absolute Gasteiger partial charge is 0.387 e. The van der Waals surface area contributed by atoms with E-state index in [1.165, 1.54) is 0 Å². The fraction of sp³-hybridized carbons (Fsp3) is 0.125. The molecule has 0 bridgehead atoms. The molecule has 0 atom stereocenters. The molecule has 6 heteroatoms. The molecule has 3 nitrogen and oxygen atoms in total. The number of hydrogen-bond acceptors (Lipinski definition) is 2. The van der Waals surface area contributed by atoms with E-state index in [2.05, 4.69) is 4.74 Å². The lowest BCUT2D eigenvalue weighted by atomic mass is 10.2. The van der Waals surface area contributed by atoms with Crippen LogP contribution >= 0.6 is 0 Å². The fourth-order valence-corrected chi connectivity index (χ4v) is 0.906. The molecule has 0 saturated carbocycles. The van der Waals surface area contributed by atoms with E-state index in [9.17, 15) is 18.0 Å². The molecule has 1 N–H and O–H groups in total. The zero-order chi connectivity index (χ0) is 10.7. The van der Waals surface area contributed by atoms with E-state index in [0.29, 0.717) is 0 Å². The molecule has 0 aliphatic carbocycles. The van der Waals surface area contributed by atoms with Crippen molar-refractivity contribution in [2.75, 3.05) is 0 Å². The Kier molecular flexibility index (Phi) is 2.95. The second-order valence-corrected chi connectivity index (χ2v) is 2.30. The van der Waals surface area contributed by atoms with E-state index < -0.39 is 29.7 Å². The Morgan fingerprint density at radius 1 is 1.43 bits per heavy atom. The number of carboxylic acids is 1. The quantitative estimate of drug-likeness (QED) is 0.823. The van der Waals surface area contributed by atoms with E-state index in [0.717, 1.165) is 18.2 Å². The molecule has 76 valence electrons. The van der Waals surface area contributed by atoms with Crippen molar-refractivity contribution in [3.63, 3.8) is 0 Å². The van der Waals surface area contributed by atoms with Crippen molar-refractivity contribution in [2.45, 2.75) is 6.61 Å². The van der Waals surface area contributed by atoms with Crippen LogP contribution in [0.1, 0.15) is 10.4 Å². The summed E-state index contributed by atoms with van der Waals surface area (Å²) in [5.41, 5.74) is -0.896. The maximum atomic E-state index is 12.8. The van der Waals surface area contributed by atoms with Gasteiger partial charge < -0.3 is 9.84 Å². The Morgan fingerprint density at radius 2 is 2.07 bits per heavy atom. The first-order valence-electron chi connectivity index (χ1n) is 3.49. The average molecular weight is 206 g/mol. The molecule has 0 aliphatic rings. The van der Waals surface area contributed by atoms with Crippen LogP contribution < -0.4 is 4.74 Å². The normalized spacial score (nSPS) is 10.3. The zero-order valence-corrected chi connectivity index (χ0v) is 6.71. The SMILES string of the molecule is O=C(O)c1c(F)cccc1OC(F)F. The van der Waals surface area contributed by atoms with Crippen molar-refractivity contribution in [3.05, 3.63) is 29.6 Å². The van der Waals surface area contributed by atoms with Crippen LogP contribution in [0.3, 0.4) is 0 Å². The van der Waals surface area contributed by atoms with Crippen molar-refractivity contribution in [1.82, 2.24) is 0 Å². The van der Waals surface area contributed by atoms with Gasteiger partial charge in [-0.3, -0.25) is 0 Å². The van der Waals surface area contributed by atoms with E-state index in [4.69, 9.17) is 5.11 Å². The Labute approximate surface area is 76.7 Å². The van der Waals surface area contributed by atoms with Gasteiger partial charge in [-0.1, -0.05) is 6.07 Å². The van der Waals surface area contributed by atoms with Crippen molar-refractivity contribution < 1.29 is 27.8 Å². The lowest BCUT2D eigenvalue weighted by molar-refractivity contribution is -0.0505. The monoisotopic (exact) mass is 206 g/mol. The molecule has 0 aromatic heterocycles. The summed E-state index contributed by atoms with van der Waals surface area (Å²) in [4.78, 5) is 10.5. The van der Waals surface area contributed by atoms with Gasteiger partial charge in [-0.2, -0.15) is 8.78 Å². The maximum absolute atomic E-state index is 12.8. The topological polar surface area (TPSA) is 46.5 Å². The lowest BCUT2D eigenvalue weighted by Crippen LogP contribution is -2.09. The third kappa shape index (κ3) is 2.15. The number of carboxylic acid groups (broad SMARTS) is 1. The summed E-state index contributed by atoms with van der Waals surface area (Å²) in [5.74, 6) is -3.46. The first-order chi connectivity index (χ1) is 6.52. The molecule has 0 aliphatic heterocycles. The van der Waals surface area contributed by atoms with Crippen LogP contribution in [-0.4, -0.2) is 17.7 Å². The predicted octanol–water partition coefficient (Wildman–Crippen LogP) is 2.13. The summed E-state index contributed by atoms with van der Waals surface area (Å²) in [6, 6.07) is 2.89. The van der Waals surface area contributed by atoms with Gasteiger partial charge in [0.1, 0.15) is 17.1 Å². The van der Waals surface area contributed by atoms with E-state index in [1.54, 1.807) is 0 Å². The minimum atomic E-state index is -3.19. The Morgan fingerprint density at radius 3 is 2.57 bits per heavy atom. The number of halogens is 3. The molecule has 14 heavy (non-hydrogen) atoms. The van der Waals surface area contributed by atoms with Gasteiger partial charge in [0.15, 0.2) is 0 Å². The first kappa shape index (κ1) is 10.4. The van der Waals surface area contributed by atoms with Gasteiger partial charge in [0.05, 0.1) is 0 Å². The molecule has 1 rings (SSSR count). The fourth-order valence-electron chi connectivity index (χ4n) is 0.906. The molecule has 1 aromatic carbocycles. The lowest BCUT2D eigenvalue weighted by Gasteiger charge is -2.07. The summed E-state index contributed by atoms with van der Waals surface area (Å²) < 4.78 is 40.2. The van der Waals surface area contributed by atoms with Crippen LogP contribution in [0, 0.1) is 5.82 Å². The highest BCUT2D eigenvalue weighted by molar-refractivity contribution is 5.91. The van der Waals surface area contributed by atoms with Gasteiger partial charge in [-0.25, -0.2) is 9.18 Å². The molecular weight excluding hydrogens is 201 g/mol. The van der Waals surface area contributed by atoms with Gasteiger partial charge in [-0.15, -0.1) is 0 Å². The van der Waals surface area contributed by atoms with Crippen LogP contribution in [0.5, 0.6) is 5.75 Å². The molecule has 0 unspecified atom stereocenters. The molecule has 0 radical (unpaired) electrons. The first-order valence-corrected chi connectivity index (χ1v) is 3.49. The molecule has 0 amide bonds. The number of ether oxygens (including phenoxy) is 1. The molecule has 0 fully saturated rings. The minimum absolute atomic E-state index is 0.687. The van der Waals surface area contributed by atoms with Crippen molar-refractivity contribution in [1.29, 1.82) is 0 Å². The number of aromatic carboxylic acids is 1. The molecular formula is C8H5F3O3. The van der Waals surface area contributed by atoms with Crippen LogP contribution in [0.2, 0.25) is 0 Å². The van der Waals surface area contributed by atoms with Crippen molar-refractivity contribution in [2.24, 2.45) is 0 Å². The van der Waals surface area contributed by atoms with Gasteiger partial charge in [0.25, 0.3) is 0 Å². The maximum Gasteiger partial charge on any atom is 0.387 e. The van der Waals surface area contributed by atoms with E-state index in [1.807, 2.05) is 0 Å². The highest BCUT2D eigenvalue weighted by atomic mass is 19.3. The number of carbonyl (C=O) groups is 1. The second kappa shape index (κ2) is 3.99. The Bertz CT molecular complexity index is 352. The summed E-state index contributed by atoms with van der Waals surface area (Å²) in [6.07, 6.45) is 0. The summed E-state index contributed by atoms with van der Waals surface area (Å²) >= 11 is 0. The predicted molar refractivity (Wildman–Crippen MR) is 40.0 cm³/mol. The highest BCUT2D eigenvalue weighted by Crippen LogP contribution is 2.22. The number of hydrogen-bond donors (Lipinski definition) is 1. The highest BCUT2D eigenvalue weighted by Gasteiger charge is 2.19.